The second kappa shape index (κ2) is 8.37. The van der Waals surface area contributed by atoms with Crippen LogP contribution in [0.1, 0.15) is 20.8 Å². The van der Waals surface area contributed by atoms with Gasteiger partial charge in [0.05, 0.1) is 22.0 Å². The molecule has 0 saturated carbocycles. The lowest BCUT2D eigenvalue weighted by Crippen LogP contribution is -2.57. The molecule has 1 fully saturated rings. The highest BCUT2D eigenvalue weighted by Crippen LogP contribution is 2.49. The van der Waals surface area contributed by atoms with Gasteiger partial charge in [-0.1, -0.05) is 11.6 Å². The predicted molar refractivity (Wildman–Crippen MR) is 132 cm³/mol. The van der Waals surface area contributed by atoms with Crippen molar-refractivity contribution >= 4 is 45.4 Å². The first-order valence-corrected chi connectivity index (χ1v) is 12.0. The molecule has 192 valence electrons. The Kier molecular flexibility index (Phi) is 5.34. The number of benzene rings is 2. The number of hydrogen-bond donors (Lipinski definition) is 1. The Bertz CT molecular complexity index is 1570. The van der Waals surface area contributed by atoms with Gasteiger partial charge >= 0.3 is 6.09 Å². The number of nitrogens with one attached hydrogen (secondary N) is 1. The minimum absolute atomic E-state index is 0.0606. The molecule has 0 spiro atoms. The zero-order valence-electron chi connectivity index (χ0n) is 20.2. The second-order valence-corrected chi connectivity index (χ2v) is 10.3. The number of fused-ring (bicyclic) bond motifs is 3. The molecule has 0 bridgehead atoms. The largest absolute Gasteiger partial charge is 0.489 e. The summed E-state index contributed by atoms with van der Waals surface area (Å²) in [6.07, 6.45) is 0.821. The third-order valence-corrected chi connectivity index (χ3v) is 6.78. The van der Waals surface area contributed by atoms with Crippen LogP contribution in [-0.2, 0) is 4.74 Å². The normalized spacial score (nSPS) is 17.5. The van der Waals surface area contributed by atoms with Crippen LogP contribution in [-0.4, -0.2) is 74.3 Å². The van der Waals surface area contributed by atoms with E-state index < -0.39 is 23.3 Å². The van der Waals surface area contributed by atoms with E-state index in [2.05, 4.69) is 25.4 Å². The molecule has 1 saturated heterocycles. The monoisotopic (exact) mass is 529 g/mol. The van der Waals surface area contributed by atoms with E-state index in [0.717, 1.165) is 0 Å². The highest BCUT2D eigenvalue weighted by Gasteiger charge is 2.38. The fourth-order valence-corrected chi connectivity index (χ4v) is 5.16. The third-order valence-electron chi connectivity index (χ3n) is 6.42. The van der Waals surface area contributed by atoms with E-state index in [1.165, 1.54) is 18.5 Å². The number of H-pyrrole nitrogens is 1. The number of carbonyl (C=O) groups is 1. The molecule has 37 heavy (non-hydrogen) atoms. The van der Waals surface area contributed by atoms with E-state index in [0.29, 0.717) is 31.0 Å². The first-order chi connectivity index (χ1) is 17.6. The molecule has 2 aliphatic heterocycles. The molecule has 10 nitrogen and oxygen atoms in total. The topological polar surface area (TPSA) is 109 Å². The average Bonchev–Trinajstić information content (AvgIpc) is 3.26. The van der Waals surface area contributed by atoms with Crippen LogP contribution < -0.4 is 9.64 Å². The van der Waals surface area contributed by atoms with Crippen LogP contribution in [0.3, 0.4) is 0 Å². The highest BCUT2D eigenvalue weighted by molar-refractivity contribution is 6.37. The van der Waals surface area contributed by atoms with Crippen LogP contribution in [0.5, 0.6) is 5.75 Å². The van der Waals surface area contributed by atoms with Gasteiger partial charge in [-0.3, -0.25) is 0 Å². The molecule has 2 aromatic heterocycles. The molecule has 1 N–H and O–H groups in total. The Morgan fingerprint density at radius 1 is 1.16 bits per heavy atom. The van der Waals surface area contributed by atoms with Crippen molar-refractivity contribution in [2.75, 3.05) is 31.1 Å². The molecule has 4 heterocycles. The summed E-state index contributed by atoms with van der Waals surface area (Å²) < 4.78 is 42.8. The molecule has 2 aromatic carbocycles. The summed E-state index contributed by atoms with van der Waals surface area (Å²) in [4.78, 5) is 24.9. The van der Waals surface area contributed by atoms with Crippen molar-refractivity contribution in [3.8, 4) is 16.9 Å². The molecular formula is C24H22ClF2N7O3. The van der Waals surface area contributed by atoms with Crippen molar-refractivity contribution in [2.24, 2.45) is 0 Å². The van der Waals surface area contributed by atoms with Crippen molar-refractivity contribution in [3.63, 3.8) is 0 Å². The first-order valence-electron chi connectivity index (χ1n) is 11.7. The summed E-state index contributed by atoms with van der Waals surface area (Å²) in [7, 11) is 0. The van der Waals surface area contributed by atoms with Crippen molar-refractivity contribution in [3.05, 3.63) is 35.1 Å². The number of rotatable bonds is 1. The fraction of sp³-hybridized carbons (Fsp3) is 0.375. The van der Waals surface area contributed by atoms with Gasteiger partial charge in [-0.15, -0.1) is 0 Å². The lowest BCUT2D eigenvalue weighted by atomic mass is 9.99. The maximum atomic E-state index is 16.1. The van der Waals surface area contributed by atoms with Gasteiger partial charge in [0.2, 0.25) is 0 Å². The van der Waals surface area contributed by atoms with Crippen LogP contribution in [0, 0.1) is 11.6 Å². The van der Waals surface area contributed by atoms with E-state index >= 15 is 8.78 Å². The number of aromatic amines is 1. The number of hydrogen-bond acceptors (Lipinski definition) is 8. The maximum Gasteiger partial charge on any atom is 0.410 e. The van der Waals surface area contributed by atoms with Crippen LogP contribution in [0.4, 0.5) is 19.4 Å². The van der Waals surface area contributed by atoms with Gasteiger partial charge in [0.1, 0.15) is 46.7 Å². The molecule has 1 amide bonds. The molecule has 13 heteroatoms. The second-order valence-electron chi connectivity index (χ2n) is 9.95. The van der Waals surface area contributed by atoms with Gasteiger partial charge in [0.15, 0.2) is 11.6 Å². The summed E-state index contributed by atoms with van der Waals surface area (Å²) in [5.41, 5.74) is -0.585. The maximum absolute atomic E-state index is 16.1. The van der Waals surface area contributed by atoms with Gasteiger partial charge in [0.25, 0.3) is 0 Å². The summed E-state index contributed by atoms with van der Waals surface area (Å²) in [5.74, 6) is -0.973. The number of piperazine rings is 1. The molecular weight excluding hydrogens is 508 g/mol. The van der Waals surface area contributed by atoms with Crippen LogP contribution in [0.15, 0.2) is 18.5 Å². The van der Waals surface area contributed by atoms with E-state index in [1.54, 1.807) is 25.7 Å². The van der Waals surface area contributed by atoms with E-state index in [4.69, 9.17) is 21.1 Å². The summed E-state index contributed by atoms with van der Waals surface area (Å²) in [6, 6.07) is 2.30. The van der Waals surface area contributed by atoms with Crippen molar-refractivity contribution in [1.29, 1.82) is 0 Å². The van der Waals surface area contributed by atoms with Gasteiger partial charge in [-0.25, -0.2) is 23.5 Å². The molecule has 0 unspecified atom stereocenters. The smallest absolute Gasteiger partial charge is 0.410 e. The van der Waals surface area contributed by atoms with Crippen LogP contribution in [0.25, 0.3) is 33.1 Å². The zero-order chi connectivity index (χ0) is 26.1. The fourth-order valence-electron chi connectivity index (χ4n) is 4.84. The van der Waals surface area contributed by atoms with Gasteiger partial charge in [-0.05, 0) is 32.9 Å². The number of nitrogens with zero attached hydrogens (tertiary/aromatic N) is 6. The standard InChI is InChI=1S/C24H22ClF2N7O3/c1-24(2,3)37-23(35)33-6-7-34-11(8-33)9-36-21-16-20(28-10-29-22(16)34)18(27)15(17(21)25)14-12(26)4-5-13-19(14)31-32-30-13/h4-5,10-11H,6-9H2,1-3H3,(H,30,31,32)/t11-/m0/s1. The number of amides is 1. The van der Waals surface area contributed by atoms with Crippen molar-refractivity contribution < 1.29 is 23.0 Å². The molecule has 2 aliphatic rings. The lowest BCUT2D eigenvalue weighted by molar-refractivity contribution is 0.0202. The Morgan fingerprint density at radius 3 is 2.76 bits per heavy atom. The Balaban J connectivity index is 1.47. The quantitative estimate of drug-likeness (QED) is 0.388. The summed E-state index contributed by atoms with van der Waals surface area (Å²) in [6.45, 7) is 6.62. The van der Waals surface area contributed by atoms with E-state index in [-0.39, 0.29) is 51.0 Å². The van der Waals surface area contributed by atoms with E-state index in [9.17, 15) is 4.79 Å². The SMILES string of the molecule is CC(C)(C)OC(=O)N1CCN2c3ncnc4c(F)c(-c5c(F)ccc6n[nH]nc56)c(Cl)c(c34)OC[C@@H]2C1. The van der Waals surface area contributed by atoms with Crippen molar-refractivity contribution in [2.45, 2.75) is 32.4 Å². The zero-order valence-corrected chi connectivity index (χ0v) is 20.9. The lowest BCUT2D eigenvalue weighted by Gasteiger charge is -2.41. The van der Waals surface area contributed by atoms with Gasteiger partial charge in [-0.2, -0.15) is 15.4 Å². The minimum Gasteiger partial charge on any atom is -0.489 e. The number of anilines is 1. The number of ether oxygens (including phenoxy) is 2. The highest BCUT2D eigenvalue weighted by atomic mass is 35.5. The first kappa shape index (κ1) is 23.6. The molecule has 0 aliphatic carbocycles. The molecule has 1 atom stereocenters. The molecule has 6 rings (SSSR count). The predicted octanol–water partition coefficient (Wildman–Crippen LogP) is 4.32. The Labute approximate surface area is 214 Å². The Morgan fingerprint density at radius 2 is 1.97 bits per heavy atom. The summed E-state index contributed by atoms with van der Waals surface area (Å²) >= 11 is 6.75. The molecule has 0 radical (unpaired) electrons. The minimum atomic E-state index is -0.823. The number of halogens is 3. The van der Waals surface area contributed by atoms with Crippen LogP contribution >= 0.6 is 11.6 Å². The number of aromatic nitrogens is 5. The van der Waals surface area contributed by atoms with Crippen LogP contribution in [0.2, 0.25) is 5.02 Å². The molecule has 4 aromatic rings. The number of carbonyl (C=O) groups excluding carboxylic acids is 1. The third kappa shape index (κ3) is 3.78. The van der Waals surface area contributed by atoms with E-state index in [1.807, 2.05) is 4.90 Å². The van der Waals surface area contributed by atoms with Gasteiger partial charge < -0.3 is 19.3 Å². The average molecular weight is 530 g/mol. The van der Waals surface area contributed by atoms with Gasteiger partial charge in [0, 0.05) is 25.2 Å². The Hall–Kier alpha value is -3.80. The summed E-state index contributed by atoms with van der Waals surface area (Å²) in [5, 5.41) is 10.6. The van der Waals surface area contributed by atoms with Crippen molar-refractivity contribution in [1.82, 2.24) is 30.3 Å².